The molecule has 1 fully saturated rings. The summed E-state index contributed by atoms with van der Waals surface area (Å²) >= 11 is 0. The molecule has 9 nitrogen and oxygen atoms in total. The Morgan fingerprint density at radius 2 is 1.87 bits per heavy atom. The van der Waals surface area contributed by atoms with Crippen LogP contribution >= 0.6 is 0 Å². The summed E-state index contributed by atoms with van der Waals surface area (Å²) < 4.78 is 21.9. The highest BCUT2D eigenvalue weighted by Gasteiger charge is 2.37. The maximum Gasteiger partial charge on any atom is 0.408 e. The number of likely N-dealkylation sites (tertiary alicyclic amines) is 1. The summed E-state index contributed by atoms with van der Waals surface area (Å²) in [5, 5.41) is 10.3. The Morgan fingerprint density at radius 3 is 2.57 bits per heavy atom. The van der Waals surface area contributed by atoms with Gasteiger partial charge in [0.1, 0.15) is 5.82 Å². The van der Waals surface area contributed by atoms with Crippen molar-refractivity contribution in [2.75, 3.05) is 26.8 Å². The third-order valence-corrected chi connectivity index (χ3v) is 8.75. The fraction of sp³-hybridized carbons (Fsp3) is 0.444. The summed E-state index contributed by atoms with van der Waals surface area (Å²) in [5.41, 5.74) is 3.24. The van der Waals surface area contributed by atoms with Gasteiger partial charge in [-0.15, -0.1) is 0 Å². The lowest BCUT2D eigenvalue weighted by molar-refractivity contribution is -0.134. The topological polar surface area (TPSA) is 101 Å². The van der Waals surface area contributed by atoms with E-state index in [1.54, 1.807) is 19.2 Å². The number of pyridine rings is 1. The third kappa shape index (κ3) is 7.55. The Balaban J connectivity index is 1.36. The zero-order valence-electron chi connectivity index (χ0n) is 27.2. The minimum Gasteiger partial charge on any atom is -0.465 e. The SMILES string of the molecule is COCCCn1c([C@@H]2CCCN(C(=O)C[C@@H](Cc3ccc(-c4cccnc4F)cc3)N(C(=O)O)C(C)(C)C)C2)nc2ccccc21. The van der Waals surface area contributed by atoms with E-state index in [0.29, 0.717) is 37.2 Å². The number of benzene rings is 2. The Hall–Kier alpha value is -4.31. The van der Waals surface area contributed by atoms with Gasteiger partial charge in [0.2, 0.25) is 11.9 Å². The van der Waals surface area contributed by atoms with Gasteiger partial charge in [0.15, 0.2) is 0 Å². The van der Waals surface area contributed by atoms with Gasteiger partial charge in [0.05, 0.1) is 11.0 Å². The lowest BCUT2D eigenvalue weighted by Crippen LogP contribution is -2.54. The summed E-state index contributed by atoms with van der Waals surface area (Å²) in [4.78, 5) is 38.6. The van der Waals surface area contributed by atoms with Crippen molar-refractivity contribution in [1.29, 1.82) is 0 Å². The van der Waals surface area contributed by atoms with Crippen LogP contribution in [0.4, 0.5) is 9.18 Å². The maximum atomic E-state index is 14.3. The molecular formula is C36H44FN5O4. The van der Waals surface area contributed by atoms with Crippen LogP contribution in [0.5, 0.6) is 0 Å². The quantitative estimate of drug-likeness (QED) is 0.145. The van der Waals surface area contributed by atoms with Crippen molar-refractivity contribution < 1.29 is 23.8 Å². The number of amides is 2. The lowest BCUT2D eigenvalue weighted by Gasteiger charge is -2.41. The van der Waals surface area contributed by atoms with E-state index >= 15 is 0 Å². The van der Waals surface area contributed by atoms with Crippen molar-refractivity contribution in [1.82, 2.24) is 24.3 Å². The van der Waals surface area contributed by atoms with E-state index in [1.807, 2.05) is 68.1 Å². The van der Waals surface area contributed by atoms with Gasteiger partial charge in [-0.3, -0.25) is 9.69 Å². The number of hydrogen-bond acceptors (Lipinski definition) is 5. The van der Waals surface area contributed by atoms with Crippen LogP contribution in [0.3, 0.4) is 0 Å². The van der Waals surface area contributed by atoms with Gasteiger partial charge in [0, 0.05) is 69.0 Å². The number of hydrogen-bond donors (Lipinski definition) is 1. The number of carbonyl (C=O) groups excluding carboxylic acids is 1. The molecule has 1 saturated heterocycles. The molecule has 244 valence electrons. The number of aromatic nitrogens is 3. The molecule has 2 aromatic carbocycles. The molecule has 1 N–H and O–H groups in total. The van der Waals surface area contributed by atoms with Crippen molar-refractivity contribution in [3.05, 3.63) is 84.2 Å². The Kier molecular flexibility index (Phi) is 10.4. The number of carbonyl (C=O) groups is 2. The van der Waals surface area contributed by atoms with Gasteiger partial charge >= 0.3 is 6.09 Å². The molecule has 2 amide bonds. The van der Waals surface area contributed by atoms with Crippen molar-refractivity contribution in [2.24, 2.45) is 0 Å². The fourth-order valence-corrected chi connectivity index (χ4v) is 6.69. The molecule has 0 unspecified atom stereocenters. The van der Waals surface area contributed by atoms with E-state index in [1.165, 1.54) is 11.1 Å². The number of rotatable bonds is 11. The zero-order chi connectivity index (χ0) is 32.8. The van der Waals surface area contributed by atoms with Crippen LogP contribution in [0.2, 0.25) is 0 Å². The smallest absolute Gasteiger partial charge is 0.408 e. The second kappa shape index (κ2) is 14.4. The van der Waals surface area contributed by atoms with Gasteiger partial charge < -0.3 is 19.3 Å². The van der Waals surface area contributed by atoms with Gasteiger partial charge in [-0.1, -0.05) is 36.4 Å². The van der Waals surface area contributed by atoms with Crippen molar-refractivity contribution in [2.45, 2.75) is 76.9 Å². The van der Waals surface area contributed by atoms with E-state index in [0.717, 1.165) is 48.2 Å². The molecule has 1 aliphatic rings. The molecule has 5 rings (SSSR count). The second-order valence-electron chi connectivity index (χ2n) is 13.1. The number of imidazole rings is 1. The molecule has 0 aliphatic carbocycles. The van der Waals surface area contributed by atoms with Gasteiger partial charge in [-0.05, 0) is 81.8 Å². The number of piperidine rings is 1. The monoisotopic (exact) mass is 629 g/mol. The average Bonchev–Trinajstić information content (AvgIpc) is 3.39. The Morgan fingerprint density at radius 1 is 1.11 bits per heavy atom. The molecule has 2 atom stereocenters. The number of para-hydroxylation sites is 2. The predicted octanol–water partition coefficient (Wildman–Crippen LogP) is 6.76. The van der Waals surface area contributed by atoms with Crippen molar-refractivity contribution >= 4 is 23.0 Å². The largest absolute Gasteiger partial charge is 0.465 e. The summed E-state index contributed by atoms with van der Waals surface area (Å²) in [6.07, 6.45) is 3.37. The zero-order valence-corrected chi connectivity index (χ0v) is 27.2. The number of fused-ring (bicyclic) bond motifs is 1. The number of nitrogens with zero attached hydrogens (tertiary/aromatic N) is 5. The van der Waals surface area contributed by atoms with Crippen LogP contribution in [0.1, 0.15) is 63.8 Å². The molecule has 0 saturated carbocycles. The molecule has 0 radical (unpaired) electrons. The summed E-state index contributed by atoms with van der Waals surface area (Å²) in [7, 11) is 1.70. The van der Waals surface area contributed by atoms with Gasteiger partial charge in [0.25, 0.3) is 0 Å². The number of halogens is 1. The summed E-state index contributed by atoms with van der Waals surface area (Å²) in [5.74, 6) is 0.443. The summed E-state index contributed by atoms with van der Waals surface area (Å²) in [6.45, 7) is 8.13. The molecule has 4 aromatic rings. The van der Waals surface area contributed by atoms with E-state index < -0.39 is 23.6 Å². The van der Waals surface area contributed by atoms with Crippen LogP contribution in [-0.2, 0) is 22.5 Å². The van der Waals surface area contributed by atoms with Gasteiger partial charge in [-0.25, -0.2) is 14.8 Å². The standard InChI is InChI=1S/C36H44FN5O4/c1-36(2,3)42(35(44)45)28(22-25-14-16-26(17-15-25)29-11-7-18-38-33(29)37)23-32(43)40-19-8-10-27(24-40)34-39-30-12-5-6-13-31(30)41(34)20-9-21-46-4/h5-7,11-18,27-28H,8-10,19-24H2,1-4H3,(H,44,45)/t27-,28-/m1/s1. The maximum absolute atomic E-state index is 14.3. The molecule has 3 heterocycles. The van der Waals surface area contributed by atoms with Crippen LogP contribution in [0.15, 0.2) is 66.9 Å². The first-order chi connectivity index (χ1) is 22.1. The number of carboxylic acid groups (broad SMARTS) is 1. The van der Waals surface area contributed by atoms with Gasteiger partial charge in [-0.2, -0.15) is 4.39 Å². The van der Waals surface area contributed by atoms with Crippen LogP contribution in [-0.4, -0.2) is 79.8 Å². The Labute approximate surface area is 270 Å². The van der Waals surface area contributed by atoms with E-state index in [9.17, 15) is 19.1 Å². The van der Waals surface area contributed by atoms with Crippen LogP contribution in [0.25, 0.3) is 22.2 Å². The highest BCUT2D eigenvalue weighted by molar-refractivity contribution is 5.79. The Bertz CT molecular complexity index is 1650. The first kappa shape index (κ1) is 33.1. The first-order valence-electron chi connectivity index (χ1n) is 16.0. The third-order valence-electron chi connectivity index (χ3n) is 8.75. The second-order valence-corrected chi connectivity index (χ2v) is 13.1. The number of aryl methyl sites for hydroxylation is 1. The molecule has 1 aliphatic heterocycles. The molecule has 0 spiro atoms. The first-order valence-corrected chi connectivity index (χ1v) is 16.0. The van der Waals surface area contributed by atoms with E-state index in [2.05, 4.69) is 15.6 Å². The average molecular weight is 630 g/mol. The lowest BCUT2D eigenvalue weighted by atomic mass is 9.93. The number of methoxy groups -OCH3 is 1. The highest BCUT2D eigenvalue weighted by atomic mass is 19.1. The molecule has 10 heteroatoms. The molecule has 0 bridgehead atoms. The van der Waals surface area contributed by atoms with Crippen LogP contribution < -0.4 is 0 Å². The van der Waals surface area contributed by atoms with Crippen molar-refractivity contribution in [3.63, 3.8) is 0 Å². The van der Waals surface area contributed by atoms with E-state index in [4.69, 9.17) is 9.72 Å². The minimum atomic E-state index is -1.07. The van der Waals surface area contributed by atoms with Crippen molar-refractivity contribution in [3.8, 4) is 11.1 Å². The summed E-state index contributed by atoms with van der Waals surface area (Å²) in [6, 6.07) is 18.2. The predicted molar refractivity (Wildman–Crippen MR) is 176 cm³/mol. The normalized spacial score (nSPS) is 16.0. The molecule has 2 aromatic heterocycles. The minimum absolute atomic E-state index is 0.0551. The highest BCUT2D eigenvalue weighted by Crippen LogP contribution is 2.31. The molecular weight excluding hydrogens is 585 g/mol. The number of ether oxygens (including phenoxy) is 1. The van der Waals surface area contributed by atoms with E-state index in [-0.39, 0.29) is 18.2 Å². The fourth-order valence-electron chi connectivity index (χ4n) is 6.69. The molecule has 46 heavy (non-hydrogen) atoms. The van der Waals surface area contributed by atoms with Crippen LogP contribution in [0, 0.1) is 5.95 Å².